The van der Waals surface area contributed by atoms with Crippen LogP contribution in [0.25, 0.3) is 10.9 Å². The summed E-state index contributed by atoms with van der Waals surface area (Å²) < 4.78 is 0.892. The van der Waals surface area contributed by atoms with Gasteiger partial charge in [0.2, 0.25) is 5.91 Å². The number of aromatic amines is 1. The van der Waals surface area contributed by atoms with E-state index in [1.807, 2.05) is 6.07 Å². The number of H-pyrrole nitrogens is 1. The predicted molar refractivity (Wildman–Crippen MR) is 70.1 cm³/mol. The van der Waals surface area contributed by atoms with Crippen molar-refractivity contribution in [1.82, 2.24) is 10.3 Å². The molecule has 0 spiro atoms. The van der Waals surface area contributed by atoms with E-state index in [2.05, 4.69) is 26.2 Å². The highest BCUT2D eigenvalue weighted by Gasteiger charge is 2.09. The Morgan fingerprint density at radius 2 is 2.29 bits per heavy atom. The standard InChI is InChI=1S/C12H13BrN2O2/c1-7(16)14-5-4-9-10-6-8(17)2-3-11(10)15-12(9)13/h2-3,6,15,17H,4-5H2,1H3,(H,14,16). The summed E-state index contributed by atoms with van der Waals surface area (Å²) in [5.74, 6) is 0.202. The second-order valence-corrected chi connectivity index (χ2v) is 4.67. The van der Waals surface area contributed by atoms with Gasteiger partial charge in [0.05, 0.1) is 4.60 Å². The fourth-order valence-corrected chi connectivity index (χ4v) is 2.44. The van der Waals surface area contributed by atoms with Crippen LogP contribution in [0.2, 0.25) is 0 Å². The van der Waals surface area contributed by atoms with Gasteiger partial charge in [-0.15, -0.1) is 0 Å². The van der Waals surface area contributed by atoms with Gasteiger partial charge in [-0.05, 0) is 46.1 Å². The lowest BCUT2D eigenvalue weighted by molar-refractivity contribution is -0.118. The van der Waals surface area contributed by atoms with Crippen molar-refractivity contribution in [1.29, 1.82) is 0 Å². The van der Waals surface area contributed by atoms with E-state index < -0.39 is 0 Å². The number of hydrogen-bond donors (Lipinski definition) is 3. The summed E-state index contributed by atoms with van der Waals surface area (Å²) in [5, 5.41) is 13.2. The number of phenols is 1. The number of hydrogen-bond acceptors (Lipinski definition) is 2. The van der Waals surface area contributed by atoms with Gasteiger partial charge in [0.15, 0.2) is 0 Å². The maximum atomic E-state index is 10.8. The third-order valence-corrected chi connectivity index (χ3v) is 3.26. The Morgan fingerprint density at radius 3 is 3.00 bits per heavy atom. The molecule has 0 atom stereocenters. The normalized spacial score (nSPS) is 10.7. The molecule has 5 heteroatoms. The van der Waals surface area contributed by atoms with Crippen molar-refractivity contribution in [3.63, 3.8) is 0 Å². The Kier molecular flexibility index (Phi) is 3.38. The van der Waals surface area contributed by atoms with Gasteiger partial charge in [-0.25, -0.2) is 0 Å². The Hall–Kier alpha value is -1.49. The molecule has 1 amide bonds. The first-order valence-corrected chi connectivity index (χ1v) is 6.10. The fraction of sp³-hybridized carbons (Fsp3) is 0.250. The third-order valence-electron chi connectivity index (χ3n) is 2.59. The summed E-state index contributed by atoms with van der Waals surface area (Å²) in [6.07, 6.45) is 0.712. The van der Waals surface area contributed by atoms with E-state index in [4.69, 9.17) is 0 Å². The highest BCUT2D eigenvalue weighted by atomic mass is 79.9. The molecule has 0 aliphatic heterocycles. The SMILES string of the molecule is CC(=O)NCCc1c(Br)[nH]c2ccc(O)cc12. The molecule has 0 fully saturated rings. The minimum absolute atomic E-state index is 0.0381. The van der Waals surface area contributed by atoms with E-state index in [-0.39, 0.29) is 11.7 Å². The lowest BCUT2D eigenvalue weighted by Crippen LogP contribution is -2.22. The van der Waals surface area contributed by atoms with Crippen LogP contribution < -0.4 is 5.32 Å². The van der Waals surface area contributed by atoms with E-state index >= 15 is 0 Å². The van der Waals surface area contributed by atoms with Crippen LogP contribution in [0.15, 0.2) is 22.8 Å². The second-order valence-electron chi connectivity index (χ2n) is 3.88. The quantitative estimate of drug-likeness (QED) is 0.814. The predicted octanol–water partition coefficient (Wildman–Crippen LogP) is 2.31. The molecule has 1 aromatic carbocycles. The summed E-state index contributed by atoms with van der Waals surface area (Å²) in [5.41, 5.74) is 2.03. The van der Waals surface area contributed by atoms with Crippen LogP contribution >= 0.6 is 15.9 Å². The lowest BCUT2D eigenvalue weighted by atomic mass is 10.1. The highest BCUT2D eigenvalue weighted by molar-refractivity contribution is 9.10. The Labute approximate surface area is 107 Å². The summed E-state index contributed by atoms with van der Waals surface area (Å²) in [7, 11) is 0. The molecular weight excluding hydrogens is 284 g/mol. The largest absolute Gasteiger partial charge is 0.508 e. The molecule has 4 nitrogen and oxygen atoms in total. The van der Waals surface area contributed by atoms with Crippen molar-refractivity contribution in [3.05, 3.63) is 28.4 Å². The molecule has 3 N–H and O–H groups in total. The van der Waals surface area contributed by atoms with E-state index in [0.29, 0.717) is 13.0 Å². The van der Waals surface area contributed by atoms with Crippen LogP contribution in [-0.2, 0) is 11.2 Å². The summed E-state index contributed by atoms with van der Waals surface area (Å²) in [6.45, 7) is 2.08. The van der Waals surface area contributed by atoms with Gasteiger partial charge in [-0.3, -0.25) is 4.79 Å². The number of carbonyl (C=O) groups excluding carboxylic acids is 1. The molecule has 2 aromatic rings. The second kappa shape index (κ2) is 4.79. The average Bonchev–Trinajstić information content (AvgIpc) is 2.55. The van der Waals surface area contributed by atoms with Gasteiger partial charge >= 0.3 is 0 Å². The Balaban J connectivity index is 2.28. The first-order chi connectivity index (χ1) is 8.08. The Bertz CT molecular complexity index is 563. The van der Waals surface area contributed by atoms with Gasteiger partial charge in [-0.1, -0.05) is 0 Å². The fourth-order valence-electron chi connectivity index (χ4n) is 1.81. The minimum Gasteiger partial charge on any atom is -0.508 e. The number of aromatic hydroxyl groups is 1. The summed E-state index contributed by atoms with van der Waals surface area (Å²) >= 11 is 3.45. The zero-order valence-electron chi connectivity index (χ0n) is 9.38. The number of phenolic OH excluding ortho intramolecular Hbond substituents is 1. The van der Waals surface area contributed by atoms with Crippen molar-refractivity contribution in [2.24, 2.45) is 0 Å². The van der Waals surface area contributed by atoms with Crippen molar-refractivity contribution in [2.45, 2.75) is 13.3 Å². The minimum atomic E-state index is -0.0381. The summed E-state index contributed by atoms with van der Waals surface area (Å²) in [6, 6.07) is 5.19. The first-order valence-electron chi connectivity index (χ1n) is 5.31. The number of halogens is 1. The molecule has 0 saturated carbocycles. The molecule has 0 saturated heterocycles. The van der Waals surface area contributed by atoms with Crippen LogP contribution in [-0.4, -0.2) is 22.5 Å². The molecule has 1 aromatic heterocycles. The summed E-state index contributed by atoms with van der Waals surface area (Å²) in [4.78, 5) is 14.0. The van der Waals surface area contributed by atoms with Gasteiger partial charge < -0.3 is 15.4 Å². The zero-order chi connectivity index (χ0) is 12.4. The van der Waals surface area contributed by atoms with Gasteiger partial charge in [0.25, 0.3) is 0 Å². The first kappa shape index (κ1) is 12.0. The van der Waals surface area contributed by atoms with Crippen LogP contribution in [0.3, 0.4) is 0 Å². The number of benzene rings is 1. The molecule has 0 radical (unpaired) electrons. The lowest BCUT2D eigenvalue weighted by Gasteiger charge is -2.02. The van der Waals surface area contributed by atoms with Gasteiger partial charge in [-0.2, -0.15) is 0 Å². The molecule has 1 heterocycles. The van der Waals surface area contributed by atoms with Crippen molar-refractivity contribution in [3.8, 4) is 5.75 Å². The van der Waals surface area contributed by atoms with Gasteiger partial charge in [0, 0.05) is 24.4 Å². The number of carbonyl (C=O) groups is 1. The average molecular weight is 297 g/mol. The Morgan fingerprint density at radius 1 is 1.53 bits per heavy atom. The van der Waals surface area contributed by atoms with E-state index in [9.17, 15) is 9.90 Å². The topological polar surface area (TPSA) is 65.1 Å². The monoisotopic (exact) mass is 296 g/mol. The number of amides is 1. The number of rotatable bonds is 3. The molecule has 17 heavy (non-hydrogen) atoms. The van der Waals surface area contributed by atoms with Gasteiger partial charge in [0.1, 0.15) is 5.75 Å². The van der Waals surface area contributed by atoms with E-state index in [1.54, 1.807) is 12.1 Å². The highest BCUT2D eigenvalue weighted by Crippen LogP contribution is 2.29. The van der Waals surface area contributed by atoms with Crippen LogP contribution in [0, 0.1) is 0 Å². The molecular formula is C12H13BrN2O2. The molecule has 90 valence electrons. The van der Waals surface area contributed by atoms with Crippen molar-refractivity contribution < 1.29 is 9.90 Å². The molecule has 2 rings (SSSR count). The van der Waals surface area contributed by atoms with Crippen molar-refractivity contribution in [2.75, 3.05) is 6.54 Å². The van der Waals surface area contributed by atoms with Crippen LogP contribution in [0.5, 0.6) is 5.75 Å². The maximum Gasteiger partial charge on any atom is 0.216 e. The smallest absolute Gasteiger partial charge is 0.216 e. The maximum absolute atomic E-state index is 10.8. The van der Waals surface area contributed by atoms with Crippen LogP contribution in [0.1, 0.15) is 12.5 Å². The number of fused-ring (bicyclic) bond motifs is 1. The molecule has 0 aliphatic rings. The number of nitrogens with one attached hydrogen (secondary N) is 2. The zero-order valence-corrected chi connectivity index (χ0v) is 11.0. The van der Waals surface area contributed by atoms with Crippen molar-refractivity contribution >= 4 is 32.7 Å². The van der Waals surface area contributed by atoms with E-state index in [1.165, 1.54) is 6.92 Å². The molecule has 0 aliphatic carbocycles. The molecule has 0 bridgehead atoms. The van der Waals surface area contributed by atoms with E-state index in [0.717, 1.165) is 21.1 Å². The van der Waals surface area contributed by atoms with Crippen LogP contribution in [0.4, 0.5) is 0 Å². The third kappa shape index (κ3) is 2.61. The number of aromatic nitrogens is 1. The molecule has 0 unspecified atom stereocenters.